The van der Waals surface area contributed by atoms with Crippen molar-refractivity contribution in [3.8, 4) is 5.75 Å². The van der Waals surface area contributed by atoms with E-state index in [0.717, 1.165) is 4.88 Å². The van der Waals surface area contributed by atoms with Gasteiger partial charge in [-0.25, -0.2) is 0 Å². The van der Waals surface area contributed by atoms with Gasteiger partial charge in [-0.1, -0.05) is 18.2 Å². The number of anilines is 1. The standard InChI is InChI=1S/C17H18N2O3S/c20-14-5-2-1-4-13(14)18-16(21)12-7-9-19(10-8-12)17(22)15-6-3-11-23-15/h1-6,11-12,20H,7-10H2,(H,18,21). The van der Waals surface area contributed by atoms with Crippen molar-refractivity contribution in [1.82, 2.24) is 4.90 Å². The fourth-order valence-corrected chi connectivity index (χ4v) is 3.41. The largest absolute Gasteiger partial charge is 0.506 e. The molecule has 1 aliphatic rings. The van der Waals surface area contributed by atoms with Gasteiger partial charge in [-0.05, 0) is 36.4 Å². The summed E-state index contributed by atoms with van der Waals surface area (Å²) in [5.41, 5.74) is 0.426. The Kier molecular flexibility index (Phi) is 4.62. The second-order valence-electron chi connectivity index (χ2n) is 5.55. The molecule has 3 rings (SSSR count). The van der Waals surface area contributed by atoms with Crippen molar-refractivity contribution in [3.63, 3.8) is 0 Å². The first-order valence-electron chi connectivity index (χ1n) is 7.57. The van der Waals surface area contributed by atoms with E-state index in [0.29, 0.717) is 31.6 Å². The zero-order chi connectivity index (χ0) is 16.2. The summed E-state index contributed by atoms with van der Waals surface area (Å²) in [6, 6.07) is 10.4. The lowest BCUT2D eigenvalue weighted by Crippen LogP contribution is -2.41. The summed E-state index contributed by atoms with van der Waals surface area (Å²) < 4.78 is 0. The molecule has 0 atom stereocenters. The van der Waals surface area contributed by atoms with Crippen LogP contribution in [0.4, 0.5) is 5.69 Å². The molecule has 2 N–H and O–H groups in total. The van der Waals surface area contributed by atoms with E-state index in [-0.39, 0.29) is 23.5 Å². The van der Waals surface area contributed by atoms with E-state index in [2.05, 4.69) is 5.32 Å². The summed E-state index contributed by atoms with van der Waals surface area (Å²) in [6.07, 6.45) is 1.27. The summed E-state index contributed by atoms with van der Waals surface area (Å²) in [6.45, 7) is 1.16. The molecule has 0 radical (unpaired) electrons. The van der Waals surface area contributed by atoms with Crippen molar-refractivity contribution in [2.24, 2.45) is 5.92 Å². The molecule has 1 aromatic heterocycles. The van der Waals surface area contributed by atoms with Crippen LogP contribution in [0.3, 0.4) is 0 Å². The molecule has 0 unspecified atom stereocenters. The van der Waals surface area contributed by atoms with E-state index in [1.807, 2.05) is 17.5 Å². The van der Waals surface area contributed by atoms with Crippen LogP contribution in [-0.2, 0) is 4.79 Å². The maximum absolute atomic E-state index is 12.3. The number of hydrogen-bond acceptors (Lipinski definition) is 4. The van der Waals surface area contributed by atoms with Crippen LogP contribution < -0.4 is 5.32 Å². The minimum atomic E-state index is -0.137. The van der Waals surface area contributed by atoms with Crippen LogP contribution in [-0.4, -0.2) is 34.9 Å². The number of phenolic OH excluding ortho intramolecular Hbond substituents is 1. The molecule has 1 aromatic carbocycles. The van der Waals surface area contributed by atoms with E-state index in [9.17, 15) is 14.7 Å². The van der Waals surface area contributed by atoms with Gasteiger partial charge in [0, 0.05) is 19.0 Å². The van der Waals surface area contributed by atoms with Crippen LogP contribution in [0.25, 0.3) is 0 Å². The summed E-state index contributed by atoms with van der Waals surface area (Å²) in [5.74, 6) is -0.137. The van der Waals surface area contributed by atoms with Crippen LogP contribution in [0.5, 0.6) is 5.75 Å². The molecule has 120 valence electrons. The lowest BCUT2D eigenvalue weighted by atomic mass is 9.95. The Hall–Kier alpha value is -2.34. The first-order valence-corrected chi connectivity index (χ1v) is 8.45. The molecule has 0 bridgehead atoms. The number of carbonyl (C=O) groups is 2. The number of thiophene rings is 1. The zero-order valence-electron chi connectivity index (χ0n) is 12.6. The third-order valence-corrected chi connectivity index (χ3v) is 4.90. The van der Waals surface area contributed by atoms with E-state index >= 15 is 0 Å². The second-order valence-corrected chi connectivity index (χ2v) is 6.50. The number of phenols is 1. The molecule has 1 fully saturated rings. The monoisotopic (exact) mass is 330 g/mol. The molecule has 1 aliphatic heterocycles. The van der Waals surface area contributed by atoms with E-state index in [4.69, 9.17) is 0 Å². The number of hydrogen-bond donors (Lipinski definition) is 2. The highest BCUT2D eigenvalue weighted by Gasteiger charge is 2.28. The van der Waals surface area contributed by atoms with Gasteiger partial charge < -0.3 is 15.3 Å². The van der Waals surface area contributed by atoms with Crippen molar-refractivity contribution in [2.75, 3.05) is 18.4 Å². The van der Waals surface area contributed by atoms with Crippen LogP contribution >= 0.6 is 11.3 Å². The van der Waals surface area contributed by atoms with Crippen molar-refractivity contribution in [3.05, 3.63) is 46.7 Å². The summed E-state index contributed by atoms with van der Waals surface area (Å²) in [5, 5.41) is 14.4. The Morgan fingerprint density at radius 1 is 1.13 bits per heavy atom. The highest BCUT2D eigenvalue weighted by atomic mass is 32.1. The van der Waals surface area contributed by atoms with Crippen LogP contribution in [0, 0.1) is 5.92 Å². The van der Waals surface area contributed by atoms with Gasteiger partial charge in [0.05, 0.1) is 10.6 Å². The van der Waals surface area contributed by atoms with Crippen molar-refractivity contribution in [1.29, 1.82) is 0 Å². The minimum Gasteiger partial charge on any atom is -0.506 e. The van der Waals surface area contributed by atoms with Gasteiger partial charge in [0.15, 0.2) is 0 Å². The molecule has 2 amide bonds. The maximum atomic E-state index is 12.3. The Morgan fingerprint density at radius 2 is 1.87 bits per heavy atom. The number of nitrogens with one attached hydrogen (secondary N) is 1. The number of likely N-dealkylation sites (tertiary alicyclic amines) is 1. The first kappa shape index (κ1) is 15.6. The van der Waals surface area contributed by atoms with Gasteiger partial charge in [0.25, 0.3) is 5.91 Å². The molecule has 6 heteroatoms. The number of benzene rings is 1. The fraction of sp³-hybridized carbons (Fsp3) is 0.294. The van der Waals surface area contributed by atoms with Gasteiger partial charge in [-0.2, -0.15) is 0 Å². The average Bonchev–Trinajstić information content (AvgIpc) is 3.11. The first-order chi connectivity index (χ1) is 11.1. The third-order valence-electron chi connectivity index (χ3n) is 4.05. The Labute approximate surface area is 138 Å². The SMILES string of the molecule is O=C(Nc1ccccc1O)C1CCN(C(=O)c2cccs2)CC1. The van der Waals surface area contributed by atoms with E-state index in [1.54, 1.807) is 23.1 Å². The van der Waals surface area contributed by atoms with Crippen molar-refractivity contribution >= 4 is 28.8 Å². The third kappa shape index (κ3) is 3.53. The van der Waals surface area contributed by atoms with E-state index < -0.39 is 0 Å². The summed E-state index contributed by atoms with van der Waals surface area (Å²) in [7, 11) is 0. The zero-order valence-corrected chi connectivity index (χ0v) is 13.4. The Balaban J connectivity index is 1.55. The van der Waals surface area contributed by atoms with Gasteiger partial charge in [-0.3, -0.25) is 9.59 Å². The normalized spacial score (nSPS) is 15.4. The minimum absolute atomic E-state index is 0.0413. The van der Waals surface area contributed by atoms with Gasteiger partial charge in [-0.15, -0.1) is 11.3 Å². The molecular formula is C17H18N2O3S. The van der Waals surface area contributed by atoms with Gasteiger partial charge in [0.1, 0.15) is 5.75 Å². The smallest absolute Gasteiger partial charge is 0.263 e. The summed E-state index contributed by atoms with van der Waals surface area (Å²) >= 11 is 1.44. The predicted octanol–water partition coefficient (Wildman–Crippen LogP) is 2.94. The van der Waals surface area contributed by atoms with Crippen LogP contribution in [0.2, 0.25) is 0 Å². The maximum Gasteiger partial charge on any atom is 0.263 e. The van der Waals surface area contributed by atoms with Gasteiger partial charge >= 0.3 is 0 Å². The average molecular weight is 330 g/mol. The van der Waals surface area contributed by atoms with Crippen LogP contribution in [0.15, 0.2) is 41.8 Å². The lowest BCUT2D eigenvalue weighted by molar-refractivity contribution is -0.121. The number of aromatic hydroxyl groups is 1. The fourth-order valence-electron chi connectivity index (χ4n) is 2.71. The molecule has 23 heavy (non-hydrogen) atoms. The predicted molar refractivity (Wildman–Crippen MR) is 89.7 cm³/mol. The highest BCUT2D eigenvalue weighted by Crippen LogP contribution is 2.25. The Morgan fingerprint density at radius 3 is 2.52 bits per heavy atom. The lowest BCUT2D eigenvalue weighted by Gasteiger charge is -2.31. The molecule has 1 saturated heterocycles. The Bertz CT molecular complexity index is 692. The molecule has 2 heterocycles. The van der Waals surface area contributed by atoms with Crippen molar-refractivity contribution < 1.29 is 14.7 Å². The quantitative estimate of drug-likeness (QED) is 0.850. The van der Waals surface area contributed by atoms with Gasteiger partial charge in [0.2, 0.25) is 5.91 Å². The topological polar surface area (TPSA) is 69.6 Å². The molecule has 2 aromatic rings. The van der Waals surface area contributed by atoms with E-state index in [1.165, 1.54) is 17.4 Å². The summed E-state index contributed by atoms with van der Waals surface area (Å²) in [4.78, 5) is 27.1. The molecule has 0 saturated carbocycles. The van der Waals surface area contributed by atoms with Crippen LogP contribution in [0.1, 0.15) is 22.5 Å². The number of carbonyl (C=O) groups excluding carboxylic acids is 2. The number of para-hydroxylation sites is 2. The number of rotatable bonds is 3. The highest BCUT2D eigenvalue weighted by molar-refractivity contribution is 7.12. The van der Waals surface area contributed by atoms with Crippen molar-refractivity contribution in [2.45, 2.75) is 12.8 Å². The molecule has 0 spiro atoms. The second kappa shape index (κ2) is 6.83. The molecular weight excluding hydrogens is 312 g/mol. The number of piperidine rings is 1. The molecule has 0 aliphatic carbocycles. The molecule has 5 nitrogen and oxygen atoms in total. The number of nitrogens with zero attached hydrogens (tertiary/aromatic N) is 1. The number of amides is 2.